The van der Waals surface area contributed by atoms with Crippen LogP contribution in [0, 0.1) is 0 Å². The van der Waals surface area contributed by atoms with E-state index in [4.69, 9.17) is 17.3 Å². The highest BCUT2D eigenvalue weighted by Crippen LogP contribution is 2.30. The average molecular weight is 264 g/mol. The number of hydrogen-bond acceptors (Lipinski definition) is 2. The molecule has 0 aromatic heterocycles. The summed E-state index contributed by atoms with van der Waals surface area (Å²) in [5.41, 5.74) is 7.95. The van der Waals surface area contributed by atoms with E-state index in [1.54, 1.807) is 11.8 Å². The first kappa shape index (κ1) is 12.3. The Balaban J connectivity index is 2.21. The highest BCUT2D eigenvalue weighted by molar-refractivity contribution is 7.99. The van der Waals surface area contributed by atoms with Gasteiger partial charge in [-0.2, -0.15) is 0 Å². The van der Waals surface area contributed by atoms with Gasteiger partial charge in [-0.3, -0.25) is 0 Å². The molecule has 0 amide bonds. The molecule has 0 unspecified atom stereocenters. The minimum atomic E-state index is 0.765. The predicted octanol–water partition coefficient (Wildman–Crippen LogP) is 4.64. The van der Waals surface area contributed by atoms with Crippen LogP contribution in [0.15, 0.2) is 52.3 Å². The molecule has 0 aliphatic carbocycles. The second-order valence-electron chi connectivity index (χ2n) is 3.77. The van der Waals surface area contributed by atoms with Crippen LogP contribution < -0.4 is 5.73 Å². The van der Waals surface area contributed by atoms with Gasteiger partial charge in [-0.1, -0.05) is 30.3 Å². The number of hydrogen-bond donors (Lipinski definition) is 1. The standard InChI is InChI=1S/C14H14ClNS/c1-2-10-9-13(7-8-14(10)16)17-12-5-3-11(15)4-6-12/h3-9H,2,16H2,1H3. The van der Waals surface area contributed by atoms with E-state index in [0.717, 1.165) is 17.1 Å². The third-order valence-corrected chi connectivity index (χ3v) is 3.79. The molecule has 0 fully saturated rings. The molecule has 0 atom stereocenters. The lowest BCUT2D eigenvalue weighted by molar-refractivity contribution is 1.13. The van der Waals surface area contributed by atoms with Gasteiger partial charge in [0.2, 0.25) is 0 Å². The van der Waals surface area contributed by atoms with Crippen molar-refractivity contribution >= 4 is 29.1 Å². The molecule has 0 radical (unpaired) electrons. The fraction of sp³-hybridized carbons (Fsp3) is 0.143. The fourth-order valence-corrected chi connectivity index (χ4v) is 2.60. The Labute approximate surface area is 111 Å². The van der Waals surface area contributed by atoms with E-state index in [0.29, 0.717) is 0 Å². The molecule has 17 heavy (non-hydrogen) atoms. The molecule has 0 spiro atoms. The van der Waals surface area contributed by atoms with E-state index >= 15 is 0 Å². The maximum Gasteiger partial charge on any atom is 0.0406 e. The smallest absolute Gasteiger partial charge is 0.0406 e. The first-order valence-electron chi connectivity index (χ1n) is 5.51. The molecule has 0 aliphatic heterocycles. The number of rotatable bonds is 3. The quantitative estimate of drug-likeness (QED) is 0.817. The molecular weight excluding hydrogens is 250 g/mol. The summed E-state index contributed by atoms with van der Waals surface area (Å²) in [6, 6.07) is 14.0. The van der Waals surface area contributed by atoms with Crippen LogP contribution in [0.5, 0.6) is 0 Å². The Kier molecular flexibility index (Phi) is 3.97. The topological polar surface area (TPSA) is 26.0 Å². The summed E-state index contributed by atoms with van der Waals surface area (Å²) in [5, 5.41) is 0.765. The Hall–Kier alpha value is -1.12. The van der Waals surface area contributed by atoms with Crippen LogP contribution in [0.25, 0.3) is 0 Å². The summed E-state index contributed by atoms with van der Waals surface area (Å²) in [4.78, 5) is 2.39. The third-order valence-electron chi connectivity index (χ3n) is 2.54. The maximum atomic E-state index is 5.89. The zero-order valence-electron chi connectivity index (χ0n) is 9.61. The monoisotopic (exact) mass is 263 g/mol. The van der Waals surface area contributed by atoms with E-state index < -0.39 is 0 Å². The number of benzene rings is 2. The van der Waals surface area contributed by atoms with Crippen LogP contribution in [0.3, 0.4) is 0 Å². The molecular formula is C14H14ClNS. The van der Waals surface area contributed by atoms with Gasteiger partial charge < -0.3 is 5.73 Å². The predicted molar refractivity (Wildman–Crippen MR) is 75.8 cm³/mol. The number of halogens is 1. The highest BCUT2D eigenvalue weighted by Gasteiger charge is 2.01. The molecule has 0 aliphatic rings. The van der Waals surface area contributed by atoms with Gasteiger partial charge in [0.1, 0.15) is 0 Å². The fourth-order valence-electron chi connectivity index (χ4n) is 1.59. The van der Waals surface area contributed by atoms with Crippen molar-refractivity contribution in [2.45, 2.75) is 23.1 Å². The number of aryl methyl sites for hydroxylation is 1. The number of nitrogens with two attached hydrogens (primary N) is 1. The second-order valence-corrected chi connectivity index (χ2v) is 5.35. The molecule has 0 saturated carbocycles. The summed E-state index contributed by atoms with van der Waals surface area (Å²) in [6.07, 6.45) is 0.959. The van der Waals surface area contributed by atoms with E-state index in [1.165, 1.54) is 15.4 Å². The van der Waals surface area contributed by atoms with Gasteiger partial charge in [-0.15, -0.1) is 0 Å². The van der Waals surface area contributed by atoms with Crippen LogP contribution in [0.4, 0.5) is 5.69 Å². The zero-order valence-corrected chi connectivity index (χ0v) is 11.2. The maximum absolute atomic E-state index is 5.89. The van der Waals surface area contributed by atoms with E-state index in [-0.39, 0.29) is 0 Å². The summed E-state index contributed by atoms with van der Waals surface area (Å²) >= 11 is 7.58. The molecule has 2 aromatic rings. The Morgan fingerprint density at radius 3 is 2.35 bits per heavy atom. The van der Waals surface area contributed by atoms with Crippen LogP contribution in [-0.4, -0.2) is 0 Å². The Morgan fingerprint density at radius 2 is 1.71 bits per heavy atom. The van der Waals surface area contributed by atoms with Crippen LogP contribution in [0.1, 0.15) is 12.5 Å². The van der Waals surface area contributed by atoms with Gasteiger partial charge in [0, 0.05) is 20.5 Å². The van der Waals surface area contributed by atoms with E-state index in [1.807, 2.05) is 36.4 Å². The molecule has 2 aromatic carbocycles. The first-order valence-corrected chi connectivity index (χ1v) is 6.70. The molecule has 1 nitrogen and oxygen atoms in total. The van der Waals surface area contributed by atoms with Crippen LogP contribution >= 0.6 is 23.4 Å². The number of nitrogen functional groups attached to an aromatic ring is 1. The summed E-state index contributed by atoms with van der Waals surface area (Å²) in [7, 11) is 0. The van der Waals surface area contributed by atoms with Crippen molar-refractivity contribution in [3.63, 3.8) is 0 Å². The SMILES string of the molecule is CCc1cc(Sc2ccc(Cl)cc2)ccc1N. The van der Waals surface area contributed by atoms with Crippen molar-refractivity contribution in [3.05, 3.63) is 53.1 Å². The average Bonchev–Trinajstić information content (AvgIpc) is 2.34. The number of anilines is 1. The first-order chi connectivity index (χ1) is 8.19. The van der Waals surface area contributed by atoms with Crippen molar-refractivity contribution in [2.24, 2.45) is 0 Å². The van der Waals surface area contributed by atoms with E-state index in [2.05, 4.69) is 13.0 Å². The lowest BCUT2D eigenvalue weighted by Crippen LogP contribution is -1.92. The largest absolute Gasteiger partial charge is 0.399 e. The van der Waals surface area contributed by atoms with Gasteiger partial charge in [0.05, 0.1) is 0 Å². The lowest BCUT2D eigenvalue weighted by atomic mass is 10.1. The summed E-state index contributed by atoms with van der Waals surface area (Å²) < 4.78 is 0. The zero-order chi connectivity index (χ0) is 12.3. The van der Waals surface area contributed by atoms with Crippen molar-refractivity contribution in [1.29, 1.82) is 0 Å². The van der Waals surface area contributed by atoms with Gasteiger partial charge in [-0.25, -0.2) is 0 Å². The second kappa shape index (κ2) is 5.48. The summed E-state index contributed by atoms with van der Waals surface area (Å²) in [5.74, 6) is 0. The highest BCUT2D eigenvalue weighted by atomic mass is 35.5. The van der Waals surface area contributed by atoms with Crippen LogP contribution in [0.2, 0.25) is 5.02 Å². The molecule has 2 N–H and O–H groups in total. The van der Waals surface area contributed by atoms with Gasteiger partial charge in [0.25, 0.3) is 0 Å². The van der Waals surface area contributed by atoms with Crippen molar-refractivity contribution in [2.75, 3.05) is 5.73 Å². The normalized spacial score (nSPS) is 10.5. The Morgan fingerprint density at radius 1 is 1.06 bits per heavy atom. The Bertz CT molecular complexity index is 508. The lowest BCUT2D eigenvalue weighted by Gasteiger charge is -2.06. The van der Waals surface area contributed by atoms with Gasteiger partial charge in [-0.05, 0) is 54.4 Å². The summed E-state index contributed by atoms with van der Waals surface area (Å²) in [6.45, 7) is 2.11. The van der Waals surface area contributed by atoms with Gasteiger partial charge in [0.15, 0.2) is 0 Å². The van der Waals surface area contributed by atoms with Crippen molar-refractivity contribution in [3.8, 4) is 0 Å². The molecule has 88 valence electrons. The molecule has 0 bridgehead atoms. The molecule has 3 heteroatoms. The van der Waals surface area contributed by atoms with Gasteiger partial charge >= 0.3 is 0 Å². The third kappa shape index (κ3) is 3.18. The molecule has 0 heterocycles. The minimum Gasteiger partial charge on any atom is -0.399 e. The minimum absolute atomic E-state index is 0.765. The van der Waals surface area contributed by atoms with Crippen molar-refractivity contribution < 1.29 is 0 Å². The van der Waals surface area contributed by atoms with E-state index in [9.17, 15) is 0 Å². The van der Waals surface area contributed by atoms with Crippen LogP contribution in [-0.2, 0) is 6.42 Å². The molecule has 2 rings (SSSR count). The van der Waals surface area contributed by atoms with Crippen molar-refractivity contribution in [1.82, 2.24) is 0 Å². The molecule has 0 saturated heterocycles.